The van der Waals surface area contributed by atoms with E-state index < -0.39 is 0 Å². The zero-order valence-electron chi connectivity index (χ0n) is 9.79. The van der Waals surface area contributed by atoms with E-state index in [1.807, 2.05) is 32.0 Å². The Kier molecular flexibility index (Phi) is 5.15. The van der Waals surface area contributed by atoms with Crippen LogP contribution in [0.2, 0.25) is 0 Å². The molecule has 0 unspecified atom stereocenters. The molecule has 0 radical (unpaired) electrons. The van der Waals surface area contributed by atoms with Crippen molar-refractivity contribution in [1.29, 1.82) is 0 Å². The molecule has 0 atom stereocenters. The van der Waals surface area contributed by atoms with Gasteiger partial charge in [0, 0.05) is 10.5 Å². The first-order chi connectivity index (χ1) is 7.99. The molecule has 0 spiro atoms. The van der Waals surface area contributed by atoms with Crippen LogP contribution in [0.3, 0.4) is 0 Å². The van der Waals surface area contributed by atoms with E-state index in [0.29, 0.717) is 5.69 Å². The minimum atomic E-state index is -0.324. The molecule has 0 heterocycles. The smallest absolute Gasteiger partial charge is 0.233 e. The van der Waals surface area contributed by atoms with Crippen molar-refractivity contribution >= 4 is 33.4 Å². The van der Waals surface area contributed by atoms with E-state index in [4.69, 9.17) is 0 Å². The molecule has 0 aromatic heterocycles. The third-order valence-corrected chi connectivity index (χ3v) is 2.61. The number of hydrogen-bond donors (Lipinski definition) is 2. The zero-order valence-corrected chi connectivity index (χ0v) is 11.4. The molecule has 0 aliphatic rings. The number of benzene rings is 1. The number of carbonyl (C=O) groups is 2. The maximum atomic E-state index is 11.6. The van der Waals surface area contributed by atoms with Gasteiger partial charge in [-0.3, -0.25) is 9.59 Å². The Morgan fingerprint density at radius 2 is 1.88 bits per heavy atom. The summed E-state index contributed by atoms with van der Waals surface area (Å²) in [6.07, 6.45) is -0.167. The second kappa shape index (κ2) is 6.39. The normalized spacial score (nSPS) is 10.1. The minimum Gasteiger partial charge on any atom is -0.353 e. The number of carbonyl (C=O) groups excluding carboxylic acids is 2. The highest BCUT2D eigenvalue weighted by Gasteiger charge is 2.11. The van der Waals surface area contributed by atoms with Crippen LogP contribution in [-0.4, -0.2) is 17.9 Å². The molecule has 0 fully saturated rings. The summed E-state index contributed by atoms with van der Waals surface area (Å²) in [6, 6.07) is 7.30. The van der Waals surface area contributed by atoms with Gasteiger partial charge in [0.15, 0.2) is 0 Å². The van der Waals surface area contributed by atoms with Gasteiger partial charge in [-0.2, -0.15) is 0 Å². The summed E-state index contributed by atoms with van der Waals surface area (Å²) >= 11 is 3.32. The zero-order chi connectivity index (χ0) is 12.8. The lowest BCUT2D eigenvalue weighted by Crippen LogP contribution is -2.33. The highest BCUT2D eigenvalue weighted by Crippen LogP contribution is 2.21. The first-order valence-electron chi connectivity index (χ1n) is 5.33. The molecule has 0 aliphatic heterocycles. The topological polar surface area (TPSA) is 58.2 Å². The molecule has 0 aliphatic carbocycles. The van der Waals surface area contributed by atoms with Crippen LogP contribution < -0.4 is 10.6 Å². The van der Waals surface area contributed by atoms with E-state index in [-0.39, 0.29) is 24.3 Å². The lowest BCUT2D eigenvalue weighted by atomic mass is 10.3. The second-order valence-corrected chi connectivity index (χ2v) is 4.78. The standard InChI is InChI=1S/C12H15BrN2O2/c1-8(2)14-11(16)7-12(17)15-10-6-4-3-5-9(10)13/h3-6,8H,7H2,1-2H3,(H,14,16)(H,15,17). The third kappa shape index (κ3) is 4.99. The Hall–Kier alpha value is -1.36. The fourth-order valence-electron chi connectivity index (χ4n) is 1.28. The number of para-hydroxylation sites is 1. The van der Waals surface area contributed by atoms with E-state index >= 15 is 0 Å². The number of halogens is 1. The van der Waals surface area contributed by atoms with E-state index in [1.54, 1.807) is 6.07 Å². The molecule has 4 nitrogen and oxygen atoms in total. The van der Waals surface area contributed by atoms with Crippen LogP contribution in [0.25, 0.3) is 0 Å². The highest BCUT2D eigenvalue weighted by molar-refractivity contribution is 9.10. The molecule has 0 saturated carbocycles. The molecule has 2 amide bonds. The summed E-state index contributed by atoms with van der Waals surface area (Å²) in [4.78, 5) is 22.9. The van der Waals surface area contributed by atoms with Crippen LogP contribution in [0.1, 0.15) is 20.3 Å². The van der Waals surface area contributed by atoms with E-state index in [2.05, 4.69) is 26.6 Å². The Balaban J connectivity index is 2.51. The Morgan fingerprint density at radius 3 is 2.47 bits per heavy atom. The largest absolute Gasteiger partial charge is 0.353 e. The fraction of sp³-hybridized carbons (Fsp3) is 0.333. The Bertz CT molecular complexity index is 419. The second-order valence-electron chi connectivity index (χ2n) is 3.93. The molecular formula is C12H15BrN2O2. The van der Waals surface area contributed by atoms with Gasteiger partial charge in [0.2, 0.25) is 11.8 Å². The van der Waals surface area contributed by atoms with Crippen LogP contribution in [0, 0.1) is 0 Å². The molecule has 1 rings (SSSR count). The molecule has 2 N–H and O–H groups in total. The summed E-state index contributed by atoms with van der Waals surface area (Å²) in [7, 11) is 0. The highest BCUT2D eigenvalue weighted by atomic mass is 79.9. The summed E-state index contributed by atoms with van der Waals surface area (Å²) in [5.41, 5.74) is 0.662. The quantitative estimate of drug-likeness (QED) is 0.838. The van der Waals surface area contributed by atoms with Crippen molar-refractivity contribution < 1.29 is 9.59 Å². The van der Waals surface area contributed by atoms with E-state index in [1.165, 1.54) is 0 Å². The molecule has 1 aromatic rings. The molecule has 5 heteroatoms. The summed E-state index contributed by atoms with van der Waals surface area (Å²) < 4.78 is 0.789. The van der Waals surface area contributed by atoms with Gasteiger partial charge < -0.3 is 10.6 Å². The van der Waals surface area contributed by atoms with Gasteiger partial charge in [-0.05, 0) is 41.9 Å². The van der Waals surface area contributed by atoms with Crippen molar-refractivity contribution in [2.24, 2.45) is 0 Å². The van der Waals surface area contributed by atoms with Crippen molar-refractivity contribution in [2.75, 3.05) is 5.32 Å². The predicted molar refractivity (Wildman–Crippen MR) is 70.7 cm³/mol. The van der Waals surface area contributed by atoms with Crippen molar-refractivity contribution in [2.45, 2.75) is 26.3 Å². The third-order valence-electron chi connectivity index (χ3n) is 1.92. The first-order valence-corrected chi connectivity index (χ1v) is 6.12. The van der Waals surface area contributed by atoms with Crippen molar-refractivity contribution in [3.05, 3.63) is 28.7 Å². The van der Waals surface area contributed by atoms with Crippen molar-refractivity contribution in [1.82, 2.24) is 5.32 Å². The molecule has 1 aromatic carbocycles. The first kappa shape index (κ1) is 13.7. The summed E-state index contributed by atoms with van der Waals surface area (Å²) in [5.74, 6) is -0.598. The van der Waals surface area contributed by atoms with Gasteiger partial charge >= 0.3 is 0 Å². The molecule has 0 bridgehead atoms. The average Bonchev–Trinajstić information content (AvgIpc) is 2.19. The molecular weight excluding hydrogens is 284 g/mol. The number of anilines is 1. The van der Waals surface area contributed by atoms with Gasteiger partial charge in [-0.25, -0.2) is 0 Å². The summed E-state index contributed by atoms with van der Waals surface area (Å²) in [6.45, 7) is 3.70. The van der Waals surface area contributed by atoms with Crippen LogP contribution in [0.5, 0.6) is 0 Å². The van der Waals surface area contributed by atoms with Crippen molar-refractivity contribution in [3.63, 3.8) is 0 Å². The Labute approximate surface area is 109 Å². The monoisotopic (exact) mass is 298 g/mol. The van der Waals surface area contributed by atoms with Gasteiger partial charge in [-0.15, -0.1) is 0 Å². The van der Waals surface area contributed by atoms with Gasteiger partial charge in [0.1, 0.15) is 6.42 Å². The molecule has 0 saturated heterocycles. The maximum absolute atomic E-state index is 11.6. The Morgan fingerprint density at radius 1 is 1.24 bits per heavy atom. The number of hydrogen-bond acceptors (Lipinski definition) is 2. The number of amides is 2. The minimum absolute atomic E-state index is 0.0405. The lowest BCUT2D eigenvalue weighted by Gasteiger charge is -2.09. The van der Waals surface area contributed by atoms with Crippen molar-refractivity contribution in [3.8, 4) is 0 Å². The SMILES string of the molecule is CC(C)NC(=O)CC(=O)Nc1ccccc1Br. The van der Waals surface area contributed by atoms with Gasteiger partial charge in [0.05, 0.1) is 5.69 Å². The average molecular weight is 299 g/mol. The lowest BCUT2D eigenvalue weighted by molar-refractivity contribution is -0.127. The van der Waals surface area contributed by atoms with Crippen LogP contribution in [0.4, 0.5) is 5.69 Å². The van der Waals surface area contributed by atoms with E-state index in [9.17, 15) is 9.59 Å². The molecule has 92 valence electrons. The summed E-state index contributed by atoms with van der Waals surface area (Å²) in [5, 5.41) is 5.33. The van der Waals surface area contributed by atoms with Crippen LogP contribution >= 0.6 is 15.9 Å². The molecule has 17 heavy (non-hydrogen) atoms. The van der Waals surface area contributed by atoms with E-state index in [0.717, 1.165) is 4.47 Å². The van der Waals surface area contributed by atoms with Gasteiger partial charge in [0.25, 0.3) is 0 Å². The van der Waals surface area contributed by atoms with Crippen LogP contribution in [0.15, 0.2) is 28.7 Å². The number of nitrogens with one attached hydrogen (secondary N) is 2. The number of rotatable bonds is 4. The van der Waals surface area contributed by atoms with Gasteiger partial charge in [-0.1, -0.05) is 12.1 Å². The fourth-order valence-corrected chi connectivity index (χ4v) is 1.66. The van der Waals surface area contributed by atoms with Crippen LogP contribution in [-0.2, 0) is 9.59 Å². The maximum Gasteiger partial charge on any atom is 0.233 e. The predicted octanol–water partition coefficient (Wildman–Crippen LogP) is 2.30.